The van der Waals surface area contributed by atoms with E-state index in [9.17, 15) is 14.0 Å². The Labute approximate surface area is 179 Å². The minimum atomic E-state index is -0.721. The van der Waals surface area contributed by atoms with Crippen molar-refractivity contribution in [2.24, 2.45) is 0 Å². The first-order valence-electron chi connectivity index (χ1n) is 9.78. The number of rotatable bonds is 8. The first-order valence-corrected chi connectivity index (χ1v) is 9.78. The fourth-order valence-corrected chi connectivity index (χ4v) is 3.22. The van der Waals surface area contributed by atoms with Crippen LogP contribution in [0.2, 0.25) is 0 Å². The zero-order valence-corrected chi connectivity index (χ0v) is 17.3. The van der Waals surface area contributed by atoms with E-state index in [1.807, 2.05) is 6.92 Å². The summed E-state index contributed by atoms with van der Waals surface area (Å²) < 4.78 is 24.5. The minimum Gasteiger partial charge on any atom is -0.490 e. The smallest absolute Gasteiger partial charge is 0.319 e. The predicted octanol–water partition coefficient (Wildman–Crippen LogP) is 4.06. The van der Waals surface area contributed by atoms with Gasteiger partial charge in [-0.05, 0) is 55.8 Å². The first kappa shape index (κ1) is 21.9. The molecule has 3 N–H and O–H groups in total. The molecule has 162 valence electrons. The fraction of sp³-hybridized carbons (Fsp3) is 0.217. The second kappa shape index (κ2) is 9.80. The number of carbonyl (C=O) groups excluding carboxylic acids is 2. The van der Waals surface area contributed by atoms with Crippen molar-refractivity contribution in [3.8, 4) is 11.5 Å². The molecule has 1 atom stereocenters. The van der Waals surface area contributed by atoms with Gasteiger partial charge in [0.05, 0.1) is 18.2 Å². The highest BCUT2D eigenvalue weighted by atomic mass is 19.1. The molecule has 31 heavy (non-hydrogen) atoms. The number of ether oxygens (including phenoxy) is 2. The molecule has 0 radical (unpaired) electrons. The van der Waals surface area contributed by atoms with E-state index < -0.39 is 23.8 Å². The Morgan fingerprint density at radius 2 is 1.94 bits per heavy atom. The van der Waals surface area contributed by atoms with Crippen LogP contribution in [-0.4, -0.2) is 25.2 Å². The molecule has 7 nitrogen and oxygen atoms in total. The van der Waals surface area contributed by atoms with Crippen LogP contribution >= 0.6 is 0 Å². The van der Waals surface area contributed by atoms with Crippen molar-refractivity contribution in [3.63, 3.8) is 0 Å². The van der Waals surface area contributed by atoms with Crippen LogP contribution < -0.4 is 25.4 Å². The monoisotopic (exact) mass is 425 g/mol. The topological polar surface area (TPSA) is 88.7 Å². The molecular weight excluding hydrogens is 401 g/mol. The summed E-state index contributed by atoms with van der Waals surface area (Å²) in [5, 5.41) is 8.15. The van der Waals surface area contributed by atoms with Gasteiger partial charge in [-0.3, -0.25) is 4.79 Å². The number of allylic oxidation sites excluding steroid dienone is 1. The summed E-state index contributed by atoms with van der Waals surface area (Å²) in [5.41, 5.74) is 1.82. The summed E-state index contributed by atoms with van der Waals surface area (Å²) in [4.78, 5) is 25.2. The number of anilines is 1. The highest BCUT2D eigenvalue weighted by molar-refractivity contribution is 6.06. The first-order chi connectivity index (χ1) is 14.9. The summed E-state index contributed by atoms with van der Waals surface area (Å²) in [7, 11) is 0. The normalized spacial score (nSPS) is 15.6. The van der Waals surface area contributed by atoms with E-state index >= 15 is 0 Å². The molecule has 0 fully saturated rings. The van der Waals surface area contributed by atoms with Gasteiger partial charge in [-0.25, -0.2) is 9.18 Å². The van der Waals surface area contributed by atoms with Gasteiger partial charge in [0.15, 0.2) is 11.5 Å². The van der Waals surface area contributed by atoms with E-state index in [2.05, 4.69) is 22.5 Å². The van der Waals surface area contributed by atoms with Gasteiger partial charge in [0.2, 0.25) is 0 Å². The van der Waals surface area contributed by atoms with Crippen LogP contribution in [-0.2, 0) is 4.79 Å². The van der Waals surface area contributed by atoms with Crippen LogP contribution in [0.15, 0.2) is 66.4 Å². The lowest BCUT2D eigenvalue weighted by molar-refractivity contribution is -0.113. The van der Waals surface area contributed by atoms with Crippen LogP contribution in [0.3, 0.4) is 0 Å². The maximum atomic E-state index is 13.2. The number of urea groups is 1. The molecule has 1 aliphatic rings. The maximum Gasteiger partial charge on any atom is 0.319 e. The molecule has 2 aromatic carbocycles. The summed E-state index contributed by atoms with van der Waals surface area (Å²) in [5.74, 6) is 0.195. The van der Waals surface area contributed by atoms with Crippen molar-refractivity contribution in [1.29, 1.82) is 0 Å². The van der Waals surface area contributed by atoms with Crippen molar-refractivity contribution in [3.05, 3.63) is 77.8 Å². The number of benzene rings is 2. The molecule has 0 unspecified atom stereocenters. The lowest BCUT2D eigenvalue weighted by atomic mass is 9.94. The Kier molecular flexibility index (Phi) is 6.92. The lowest BCUT2D eigenvalue weighted by Crippen LogP contribution is -2.46. The highest BCUT2D eigenvalue weighted by Gasteiger charge is 2.32. The SMILES string of the molecule is C=CCOc1ccc([C@@H]2NC(=O)NC(C)=C2C(=O)Nc2ccc(F)cc2)cc1OCC. The van der Waals surface area contributed by atoms with Gasteiger partial charge in [-0.2, -0.15) is 0 Å². The Bertz CT molecular complexity index is 1020. The van der Waals surface area contributed by atoms with Gasteiger partial charge in [0.1, 0.15) is 12.4 Å². The number of hydrogen-bond donors (Lipinski definition) is 3. The molecule has 3 rings (SSSR count). The standard InChI is InChI=1S/C23H24FN3O4/c1-4-12-31-18-11-6-15(13-19(18)30-5-2)21-20(14(3)25-23(29)27-21)22(28)26-17-9-7-16(24)8-10-17/h4,6-11,13,21H,1,5,12H2,2-3H3,(H,26,28)(H2,25,27,29)/t21-/m0/s1. The molecule has 0 spiro atoms. The van der Waals surface area contributed by atoms with Crippen LogP contribution in [0.25, 0.3) is 0 Å². The van der Waals surface area contributed by atoms with Crippen molar-refractivity contribution in [1.82, 2.24) is 10.6 Å². The lowest BCUT2D eigenvalue weighted by Gasteiger charge is -2.29. The quantitative estimate of drug-likeness (QED) is 0.557. The van der Waals surface area contributed by atoms with Gasteiger partial charge >= 0.3 is 6.03 Å². The summed E-state index contributed by atoms with van der Waals surface area (Å²) >= 11 is 0. The number of carbonyl (C=O) groups is 2. The van der Waals surface area contributed by atoms with Crippen LogP contribution in [0.5, 0.6) is 11.5 Å². The Balaban J connectivity index is 1.95. The molecule has 8 heteroatoms. The molecule has 0 saturated carbocycles. The van der Waals surface area contributed by atoms with E-state index in [1.165, 1.54) is 24.3 Å². The minimum absolute atomic E-state index is 0.313. The van der Waals surface area contributed by atoms with E-state index in [0.29, 0.717) is 47.2 Å². The van der Waals surface area contributed by atoms with Gasteiger partial charge in [0, 0.05) is 11.4 Å². The zero-order chi connectivity index (χ0) is 22.4. The van der Waals surface area contributed by atoms with E-state index in [4.69, 9.17) is 9.47 Å². The van der Waals surface area contributed by atoms with E-state index in [-0.39, 0.29) is 0 Å². The Hall–Kier alpha value is -3.81. The van der Waals surface area contributed by atoms with Crippen molar-refractivity contribution < 1.29 is 23.5 Å². The van der Waals surface area contributed by atoms with Gasteiger partial charge < -0.3 is 25.4 Å². The second-order valence-electron chi connectivity index (χ2n) is 6.77. The van der Waals surface area contributed by atoms with Crippen LogP contribution in [0.1, 0.15) is 25.5 Å². The molecule has 0 aliphatic carbocycles. The molecule has 0 bridgehead atoms. The second-order valence-corrected chi connectivity index (χ2v) is 6.77. The summed E-state index contributed by atoms with van der Waals surface area (Å²) in [6.07, 6.45) is 1.63. The molecule has 1 aliphatic heterocycles. The molecule has 1 heterocycles. The third-order valence-corrected chi connectivity index (χ3v) is 4.57. The molecule has 3 amide bonds. The Morgan fingerprint density at radius 3 is 2.61 bits per heavy atom. The maximum absolute atomic E-state index is 13.2. The van der Waals surface area contributed by atoms with Crippen LogP contribution in [0, 0.1) is 5.82 Å². The summed E-state index contributed by atoms with van der Waals surface area (Å²) in [6, 6.07) is 9.51. The number of hydrogen-bond acceptors (Lipinski definition) is 4. The Morgan fingerprint density at radius 1 is 1.19 bits per heavy atom. The molecule has 2 aromatic rings. The average Bonchev–Trinajstić information content (AvgIpc) is 2.74. The van der Waals surface area contributed by atoms with Crippen molar-refractivity contribution in [2.45, 2.75) is 19.9 Å². The molecule has 0 aromatic heterocycles. The largest absolute Gasteiger partial charge is 0.490 e. The average molecular weight is 425 g/mol. The zero-order valence-electron chi connectivity index (χ0n) is 17.3. The number of halogens is 1. The van der Waals surface area contributed by atoms with Crippen LogP contribution in [0.4, 0.5) is 14.9 Å². The van der Waals surface area contributed by atoms with Gasteiger partial charge in [-0.15, -0.1) is 0 Å². The third-order valence-electron chi connectivity index (χ3n) is 4.57. The third kappa shape index (κ3) is 5.22. The van der Waals surface area contributed by atoms with Gasteiger partial charge in [-0.1, -0.05) is 18.7 Å². The number of nitrogens with one attached hydrogen (secondary N) is 3. The number of amides is 3. The van der Waals surface area contributed by atoms with E-state index in [1.54, 1.807) is 31.2 Å². The van der Waals surface area contributed by atoms with Crippen molar-refractivity contribution in [2.75, 3.05) is 18.5 Å². The van der Waals surface area contributed by atoms with Crippen molar-refractivity contribution >= 4 is 17.6 Å². The van der Waals surface area contributed by atoms with E-state index in [0.717, 1.165) is 0 Å². The fourth-order valence-electron chi connectivity index (χ4n) is 3.22. The highest BCUT2D eigenvalue weighted by Crippen LogP contribution is 2.35. The molecular formula is C23H24FN3O4. The molecule has 0 saturated heterocycles. The van der Waals surface area contributed by atoms with Gasteiger partial charge in [0.25, 0.3) is 5.91 Å². The predicted molar refractivity (Wildman–Crippen MR) is 115 cm³/mol. The summed E-state index contributed by atoms with van der Waals surface area (Å²) in [6.45, 7) is 7.86.